The van der Waals surface area contributed by atoms with E-state index < -0.39 is 22.3 Å². The molecule has 1 rings (SSSR count). The van der Waals surface area contributed by atoms with E-state index >= 15 is 0 Å². The Morgan fingerprint density at radius 1 is 1.53 bits per heavy atom. The molecule has 1 atom stereocenters. The first-order valence-corrected chi connectivity index (χ1v) is 5.98. The number of amides is 1. The van der Waals surface area contributed by atoms with Crippen LogP contribution in [0.2, 0.25) is 0 Å². The highest BCUT2D eigenvalue weighted by Gasteiger charge is 2.45. The van der Waals surface area contributed by atoms with Gasteiger partial charge in [0.2, 0.25) is 0 Å². The summed E-state index contributed by atoms with van der Waals surface area (Å²) < 4.78 is 5.26. The minimum absolute atomic E-state index is 0.000139. The normalized spacial score (nSPS) is 23.9. The maximum absolute atomic E-state index is 12.0. The second-order valence-corrected chi connectivity index (χ2v) is 5.84. The zero-order valence-electron chi connectivity index (χ0n) is 10.1. The van der Waals surface area contributed by atoms with E-state index in [0.29, 0.717) is 0 Å². The van der Waals surface area contributed by atoms with Crippen LogP contribution < -0.4 is 16.8 Å². The van der Waals surface area contributed by atoms with Crippen molar-refractivity contribution in [2.75, 3.05) is 6.54 Å². The van der Waals surface area contributed by atoms with Crippen molar-refractivity contribution in [2.45, 2.75) is 31.2 Å². The molecule has 0 saturated heterocycles. The third-order valence-corrected chi connectivity index (χ3v) is 3.19. The quantitative estimate of drug-likeness (QED) is 0.598. The number of carbonyl (C=O) groups excluding carboxylic acids is 2. The van der Waals surface area contributed by atoms with Crippen molar-refractivity contribution in [2.24, 2.45) is 11.5 Å². The van der Waals surface area contributed by atoms with Crippen LogP contribution in [-0.2, 0) is 14.3 Å². The van der Waals surface area contributed by atoms with Gasteiger partial charge in [-0.1, -0.05) is 11.8 Å². The van der Waals surface area contributed by atoms with Gasteiger partial charge in [0.1, 0.15) is 11.3 Å². The molecule has 0 aromatic carbocycles. The van der Waals surface area contributed by atoms with E-state index in [1.54, 1.807) is 20.8 Å². The summed E-state index contributed by atoms with van der Waals surface area (Å²) >= 11 is 1.10. The Morgan fingerprint density at radius 3 is 2.47 bits per heavy atom. The van der Waals surface area contributed by atoms with E-state index in [0.717, 1.165) is 11.8 Å². The van der Waals surface area contributed by atoms with Crippen molar-refractivity contribution >= 4 is 23.6 Å². The molecular weight excluding hydrogens is 242 g/mol. The summed E-state index contributed by atoms with van der Waals surface area (Å²) in [6.45, 7) is 5.28. The lowest BCUT2D eigenvalue weighted by atomic mass is 10.2. The van der Waals surface area contributed by atoms with Crippen LogP contribution in [0.5, 0.6) is 0 Å². The molecule has 0 aliphatic carbocycles. The van der Waals surface area contributed by atoms with Crippen molar-refractivity contribution < 1.29 is 14.3 Å². The molecule has 17 heavy (non-hydrogen) atoms. The first-order chi connectivity index (χ1) is 7.70. The van der Waals surface area contributed by atoms with E-state index in [1.165, 1.54) is 5.41 Å². The molecule has 1 heterocycles. The lowest BCUT2D eigenvalue weighted by Gasteiger charge is -2.30. The molecule has 1 aliphatic rings. The minimum atomic E-state index is -1.16. The Bertz CT molecular complexity index is 375. The van der Waals surface area contributed by atoms with Crippen LogP contribution >= 0.6 is 11.8 Å². The van der Waals surface area contributed by atoms with E-state index in [1.807, 2.05) is 0 Å². The average Bonchev–Trinajstić information content (AvgIpc) is 2.60. The fourth-order valence-electron chi connectivity index (χ4n) is 1.20. The van der Waals surface area contributed by atoms with Gasteiger partial charge in [-0.05, 0) is 20.8 Å². The van der Waals surface area contributed by atoms with Crippen molar-refractivity contribution in [3.05, 3.63) is 11.1 Å². The average molecular weight is 259 g/mol. The maximum atomic E-state index is 12.0. The molecule has 0 aromatic heterocycles. The van der Waals surface area contributed by atoms with E-state index in [4.69, 9.17) is 16.2 Å². The number of nitrogens with two attached hydrogens (primary N) is 2. The molecule has 0 saturated carbocycles. The molecule has 96 valence electrons. The molecule has 7 heteroatoms. The summed E-state index contributed by atoms with van der Waals surface area (Å²) in [7, 11) is 0. The van der Waals surface area contributed by atoms with Gasteiger partial charge in [-0.2, -0.15) is 0 Å². The number of rotatable bonds is 3. The Labute approximate surface area is 104 Å². The van der Waals surface area contributed by atoms with Gasteiger partial charge in [-0.15, -0.1) is 0 Å². The van der Waals surface area contributed by atoms with Crippen LogP contribution in [0.1, 0.15) is 20.8 Å². The molecule has 0 aromatic rings. The second-order valence-electron chi connectivity index (χ2n) is 4.67. The second kappa shape index (κ2) is 4.58. The first kappa shape index (κ1) is 13.9. The zero-order chi connectivity index (χ0) is 13.3. The van der Waals surface area contributed by atoms with Gasteiger partial charge in [0, 0.05) is 12.0 Å². The smallest absolute Gasteiger partial charge is 0.344 e. The summed E-state index contributed by atoms with van der Waals surface area (Å²) in [6.07, 6.45) is 0. The Morgan fingerprint density at radius 2 is 2.12 bits per heavy atom. The molecule has 6 nitrogen and oxygen atoms in total. The number of carbonyl (C=O) groups is 2. The van der Waals surface area contributed by atoms with Crippen LogP contribution in [0.4, 0.5) is 0 Å². The van der Waals surface area contributed by atoms with Gasteiger partial charge in [0.25, 0.3) is 5.91 Å². The molecule has 1 aliphatic heterocycles. The lowest BCUT2D eigenvalue weighted by molar-refractivity contribution is -0.158. The number of ether oxygens (including phenoxy) is 1. The number of esters is 1. The molecule has 0 radical (unpaired) electrons. The predicted octanol–water partition coefficient (Wildman–Crippen LogP) is -0.354. The van der Waals surface area contributed by atoms with E-state index in [2.05, 4.69) is 5.32 Å². The summed E-state index contributed by atoms with van der Waals surface area (Å²) in [5.74, 6) is -1.14. The topological polar surface area (TPSA) is 107 Å². The summed E-state index contributed by atoms with van der Waals surface area (Å²) in [5, 5.41) is 4.21. The number of primary amides is 1. The van der Waals surface area contributed by atoms with Gasteiger partial charge >= 0.3 is 5.97 Å². The van der Waals surface area contributed by atoms with E-state index in [-0.39, 0.29) is 12.2 Å². The maximum Gasteiger partial charge on any atom is 0.344 e. The fraction of sp³-hybridized carbons (Fsp3) is 0.600. The monoisotopic (exact) mass is 259 g/mol. The van der Waals surface area contributed by atoms with E-state index in [9.17, 15) is 9.59 Å². The number of hydrogen-bond donors (Lipinski definition) is 3. The molecule has 1 amide bonds. The number of hydrogen-bond acceptors (Lipinski definition) is 6. The molecular formula is C10H17N3O3S. The summed E-state index contributed by atoms with van der Waals surface area (Å²) in [4.78, 5) is 21.9. The Balaban J connectivity index is 2.81. The Hall–Kier alpha value is -1.21. The summed E-state index contributed by atoms with van der Waals surface area (Å²) in [5.41, 5.74) is 10.3. The molecule has 0 fully saturated rings. The summed E-state index contributed by atoms with van der Waals surface area (Å²) in [6, 6.07) is 0. The fourth-order valence-corrected chi connectivity index (χ4v) is 2.09. The molecule has 1 unspecified atom stereocenters. The SMILES string of the molecule is CC(C)(C)OC(=O)C1(CN)NC(C(N)=O)=CS1. The number of nitrogens with one attached hydrogen (secondary N) is 1. The Kier molecular flexibility index (Phi) is 3.73. The van der Waals surface area contributed by atoms with Gasteiger partial charge in [0.15, 0.2) is 4.87 Å². The third-order valence-electron chi connectivity index (χ3n) is 2.00. The molecule has 5 N–H and O–H groups in total. The van der Waals surface area contributed by atoms with Crippen molar-refractivity contribution in [1.29, 1.82) is 0 Å². The zero-order valence-corrected chi connectivity index (χ0v) is 10.9. The highest BCUT2D eigenvalue weighted by Crippen LogP contribution is 2.33. The van der Waals surface area contributed by atoms with Gasteiger partial charge in [-0.25, -0.2) is 4.79 Å². The molecule has 0 bridgehead atoms. The van der Waals surface area contributed by atoms with Crippen LogP contribution in [-0.4, -0.2) is 28.9 Å². The largest absolute Gasteiger partial charge is 0.458 e. The van der Waals surface area contributed by atoms with Crippen LogP contribution in [0.25, 0.3) is 0 Å². The van der Waals surface area contributed by atoms with Gasteiger partial charge in [-0.3, -0.25) is 4.79 Å². The number of thioether (sulfide) groups is 1. The highest BCUT2D eigenvalue weighted by molar-refractivity contribution is 8.04. The van der Waals surface area contributed by atoms with Gasteiger partial charge in [0.05, 0.1) is 0 Å². The predicted molar refractivity (Wildman–Crippen MR) is 65.6 cm³/mol. The van der Waals surface area contributed by atoms with Crippen LogP contribution in [0, 0.1) is 0 Å². The standard InChI is InChI=1S/C10H17N3O3S/c1-9(2,3)16-8(15)10(5-11)13-6(4-17-10)7(12)14/h4,13H,5,11H2,1-3H3,(H2,12,14). The van der Waals surface area contributed by atoms with Crippen LogP contribution in [0.15, 0.2) is 11.1 Å². The van der Waals surface area contributed by atoms with Crippen molar-refractivity contribution in [3.8, 4) is 0 Å². The highest BCUT2D eigenvalue weighted by atomic mass is 32.2. The molecule has 0 spiro atoms. The van der Waals surface area contributed by atoms with Crippen molar-refractivity contribution in [1.82, 2.24) is 5.32 Å². The first-order valence-electron chi connectivity index (χ1n) is 5.10. The van der Waals surface area contributed by atoms with Crippen molar-refractivity contribution in [3.63, 3.8) is 0 Å². The lowest BCUT2D eigenvalue weighted by Crippen LogP contribution is -2.55. The third kappa shape index (κ3) is 3.13. The van der Waals surface area contributed by atoms with Crippen LogP contribution in [0.3, 0.4) is 0 Å². The minimum Gasteiger partial charge on any atom is -0.458 e. The van der Waals surface area contributed by atoms with Gasteiger partial charge < -0.3 is 21.5 Å².